The molecule has 6 heteroatoms. The summed E-state index contributed by atoms with van der Waals surface area (Å²) >= 11 is 6.34. The maximum Gasteiger partial charge on any atom is 0.150 e. The van der Waals surface area contributed by atoms with E-state index in [0.29, 0.717) is 29.3 Å². The zero-order chi connectivity index (χ0) is 28.0. The van der Waals surface area contributed by atoms with E-state index in [2.05, 4.69) is 67.1 Å². The van der Waals surface area contributed by atoms with Crippen molar-refractivity contribution < 1.29 is 9.84 Å². The van der Waals surface area contributed by atoms with Crippen molar-refractivity contribution in [1.29, 1.82) is 5.26 Å². The molecule has 2 aliphatic heterocycles. The minimum atomic E-state index is -0.360. The highest BCUT2D eigenvalue weighted by Gasteiger charge is 2.39. The molecule has 1 aliphatic carbocycles. The molecule has 206 valence electrons. The smallest absolute Gasteiger partial charge is 0.150 e. The van der Waals surface area contributed by atoms with E-state index in [1.165, 1.54) is 30.6 Å². The first-order chi connectivity index (χ1) is 19.3. The summed E-state index contributed by atoms with van der Waals surface area (Å²) in [5.41, 5.74) is 6.94. The molecule has 6 rings (SSSR count). The summed E-state index contributed by atoms with van der Waals surface area (Å²) in [5.74, 6) is 1.12. The number of likely N-dealkylation sites (tertiary alicyclic amines) is 1. The van der Waals surface area contributed by atoms with Crippen molar-refractivity contribution in [1.82, 2.24) is 4.90 Å². The Morgan fingerprint density at radius 2 is 1.88 bits per heavy atom. The molecular formula is C34H36ClN3O2. The first-order valence-electron chi connectivity index (χ1n) is 14.3. The van der Waals surface area contributed by atoms with Gasteiger partial charge in [0, 0.05) is 48.6 Å². The third-order valence-corrected chi connectivity index (χ3v) is 9.07. The van der Waals surface area contributed by atoms with Crippen LogP contribution in [0.3, 0.4) is 0 Å². The highest BCUT2D eigenvalue weighted by Crippen LogP contribution is 2.56. The SMILES string of the molecule is C[C@@H]1CCCN1[C@@H](C)CN(C)c1ccc(C2Oc3cc(Cl)c(O)cc3C(C3CC3)=C2c2cccc(C#N)c2)cc1. The number of benzene rings is 3. The first kappa shape index (κ1) is 26.7. The number of hydrogen-bond acceptors (Lipinski definition) is 5. The van der Waals surface area contributed by atoms with Gasteiger partial charge in [0.15, 0.2) is 0 Å². The predicted octanol–water partition coefficient (Wildman–Crippen LogP) is 7.68. The number of nitriles is 1. The monoisotopic (exact) mass is 553 g/mol. The molecule has 1 saturated heterocycles. The minimum Gasteiger partial charge on any atom is -0.506 e. The molecular weight excluding hydrogens is 518 g/mol. The van der Waals surface area contributed by atoms with Gasteiger partial charge in [-0.3, -0.25) is 4.90 Å². The standard InChI is InChI=1S/C34H36ClN3O2/c1-21-6-5-15-38(21)22(2)20-37(3)27-13-11-25(12-14-27)34-33(26-8-4-7-23(16-26)19-36)32(24-9-10-24)28-17-30(39)29(35)18-31(28)40-34/h4,7-8,11-14,16-18,21-22,24,34,39H,5-6,9-10,15,20H2,1-3H3/t21-,22+,34?/m1/s1. The van der Waals surface area contributed by atoms with E-state index >= 15 is 0 Å². The summed E-state index contributed by atoms with van der Waals surface area (Å²) in [7, 11) is 2.16. The van der Waals surface area contributed by atoms with E-state index in [9.17, 15) is 10.4 Å². The Labute approximate surface area is 242 Å². The fourth-order valence-corrected chi connectivity index (χ4v) is 6.71. The number of nitrogens with zero attached hydrogens (tertiary/aromatic N) is 3. The molecule has 3 atom stereocenters. The number of fused-ring (bicyclic) bond motifs is 1. The van der Waals surface area contributed by atoms with Crippen LogP contribution in [0.4, 0.5) is 5.69 Å². The maximum atomic E-state index is 10.5. The van der Waals surface area contributed by atoms with Gasteiger partial charge in [-0.25, -0.2) is 0 Å². The number of rotatable bonds is 7. The molecule has 1 unspecified atom stereocenters. The molecule has 0 radical (unpaired) electrons. The number of allylic oxidation sites excluding steroid dienone is 1. The van der Waals surface area contributed by atoms with Gasteiger partial charge >= 0.3 is 0 Å². The molecule has 3 aliphatic rings. The van der Waals surface area contributed by atoms with Crippen molar-refractivity contribution in [3.8, 4) is 17.6 Å². The highest BCUT2D eigenvalue weighted by molar-refractivity contribution is 6.32. The fraction of sp³-hybridized carbons (Fsp3) is 0.382. The average molecular weight is 554 g/mol. The average Bonchev–Trinajstić information content (AvgIpc) is 3.71. The van der Waals surface area contributed by atoms with Crippen LogP contribution < -0.4 is 9.64 Å². The number of likely N-dealkylation sites (N-methyl/N-ethyl adjacent to an activating group) is 1. The van der Waals surface area contributed by atoms with Gasteiger partial charge in [-0.15, -0.1) is 0 Å². The lowest BCUT2D eigenvalue weighted by atomic mass is 9.83. The van der Waals surface area contributed by atoms with Crippen LogP contribution in [0.1, 0.15) is 67.9 Å². The molecule has 0 amide bonds. The molecule has 2 fully saturated rings. The van der Waals surface area contributed by atoms with Crippen LogP contribution in [-0.4, -0.2) is 42.2 Å². The summed E-state index contributed by atoms with van der Waals surface area (Å²) < 4.78 is 6.69. The molecule has 0 spiro atoms. The molecule has 2 heterocycles. The Hall–Kier alpha value is -3.46. The predicted molar refractivity (Wildman–Crippen MR) is 162 cm³/mol. The third-order valence-electron chi connectivity index (χ3n) is 8.77. The van der Waals surface area contributed by atoms with E-state index in [-0.39, 0.29) is 16.9 Å². The lowest BCUT2D eigenvalue weighted by molar-refractivity contribution is 0.206. The molecule has 0 bridgehead atoms. The van der Waals surface area contributed by atoms with E-state index in [1.807, 2.05) is 18.2 Å². The van der Waals surface area contributed by atoms with Crippen molar-refractivity contribution in [3.63, 3.8) is 0 Å². The van der Waals surface area contributed by atoms with Crippen LogP contribution in [0.25, 0.3) is 11.1 Å². The normalized spacial score (nSPS) is 21.5. The fourth-order valence-electron chi connectivity index (χ4n) is 6.55. The lowest BCUT2D eigenvalue weighted by Gasteiger charge is -2.34. The number of phenols is 1. The van der Waals surface area contributed by atoms with Crippen LogP contribution in [0, 0.1) is 17.2 Å². The summed E-state index contributed by atoms with van der Waals surface area (Å²) in [6.07, 6.45) is 4.39. The Morgan fingerprint density at radius 1 is 1.10 bits per heavy atom. The number of anilines is 1. The molecule has 1 saturated carbocycles. The minimum absolute atomic E-state index is 0.0516. The van der Waals surface area contributed by atoms with E-state index in [4.69, 9.17) is 16.3 Å². The third kappa shape index (κ3) is 5.07. The second-order valence-electron chi connectivity index (χ2n) is 11.6. The second kappa shape index (κ2) is 10.8. The van der Waals surface area contributed by atoms with Gasteiger partial charge < -0.3 is 14.7 Å². The van der Waals surface area contributed by atoms with E-state index < -0.39 is 0 Å². The van der Waals surface area contributed by atoms with Crippen molar-refractivity contribution in [3.05, 3.63) is 87.9 Å². The topological polar surface area (TPSA) is 59.7 Å². The van der Waals surface area contributed by atoms with Gasteiger partial charge in [0.05, 0.1) is 16.7 Å². The Morgan fingerprint density at radius 3 is 2.55 bits per heavy atom. The number of aromatic hydroxyl groups is 1. The molecule has 5 nitrogen and oxygen atoms in total. The quantitative estimate of drug-likeness (QED) is 0.325. The lowest BCUT2D eigenvalue weighted by Crippen LogP contribution is -2.42. The second-order valence-corrected chi connectivity index (χ2v) is 12.0. The van der Waals surface area contributed by atoms with Crippen molar-refractivity contribution >= 4 is 28.4 Å². The van der Waals surface area contributed by atoms with Gasteiger partial charge in [-0.2, -0.15) is 5.26 Å². The van der Waals surface area contributed by atoms with Crippen LogP contribution in [0.5, 0.6) is 11.5 Å². The van der Waals surface area contributed by atoms with Gasteiger partial charge in [0.1, 0.15) is 17.6 Å². The van der Waals surface area contributed by atoms with Crippen LogP contribution in [0.15, 0.2) is 60.7 Å². The van der Waals surface area contributed by atoms with Gasteiger partial charge in [-0.05, 0) is 99.0 Å². The molecule has 1 N–H and O–H groups in total. The number of phenolic OH excluding ortho intramolecular Hbond substituents is 1. The molecule has 3 aromatic rings. The van der Waals surface area contributed by atoms with Crippen LogP contribution in [0.2, 0.25) is 5.02 Å². The maximum absolute atomic E-state index is 10.5. The highest BCUT2D eigenvalue weighted by atomic mass is 35.5. The summed E-state index contributed by atoms with van der Waals surface area (Å²) in [5, 5.41) is 20.4. The molecule has 3 aromatic carbocycles. The Kier molecular flexibility index (Phi) is 7.25. The number of ether oxygens (including phenoxy) is 1. The van der Waals surface area contributed by atoms with E-state index in [0.717, 1.165) is 41.6 Å². The Bertz CT molecular complexity index is 1490. The van der Waals surface area contributed by atoms with Crippen molar-refractivity contribution in [2.75, 3.05) is 25.0 Å². The summed E-state index contributed by atoms with van der Waals surface area (Å²) in [6, 6.07) is 23.3. The molecule has 40 heavy (non-hydrogen) atoms. The van der Waals surface area contributed by atoms with Crippen molar-refractivity contribution in [2.24, 2.45) is 5.92 Å². The summed E-state index contributed by atoms with van der Waals surface area (Å²) in [6.45, 7) is 6.82. The van der Waals surface area contributed by atoms with Crippen LogP contribution in [-0.2, 0) is 0 Å². The van der Waals surface area contributed by atoms with Gasteiger partial charge in [-0.1, -0.05) is 35.9 Å². The largest absolute Gasteiger partial charge is 0.506 e. The zero-order valence-electron chi connectivity index (χ0n) is 23.4. The first-order valence-corrected chi connectivity index (χ1v) is 14.7. The Balaban J connectivity index is 1.37. The number of halogens is 1. The van der Waals surface area contributed by atoms with Gasteiger partial charge in [0.2, 0.25) is 0 Å². The number of hydrogen-bond donors (Lipinski definition) is 1. The van der Waals surface area contributed by atoms with E-state index in [1.54, 1.807) is 12.1 Å². The zero-order valence-corrected chi connectivity index (χ0v) is 24.2. The summed E-state index contributed by atoms with van der Waals surface area (Å²) in [4.78, 5) is 4.95. The van der Waals surface area contributed by atoms with Gasteiger partial charge in [0.25, 0.3) is 0 Å². The molecule has 0 aromatic heterocycles. The van der Waals surface area contributed by atoms with Crippen molar-refractivity contribution in [2.45, 2.75) is 57.7 Å². The van der Waals surface area contributed by atoms with Crippen LogP contribution >= 0.6 is 11.6 Å².